The van der Waals surface area contributed by atoms with E-state index in [9.17, 15) is 0 Å². The van der Waals surface area contributed by atoms with Crippen LogP contribution >= 0.6 is 0 Å². The lowest BCUT2D eigenvalue weighted by atomic mass is 10.1. The van der Waals surface area contributed by atoms with E-state index >= 15 is 0 Å². The van der Waals surface area contributed by atoms with Gasteiger partial charge in [-0.15, -0.1) is 0 Å². The van der Waals surface area contributed by atoms with Gasteiger partial charge < -0.3 is 14.8 Å². The second-order valence-electron chi connectivity index (χ2n) is 3.81. The van der Waals surface area contributed by atoms with Crippen LogP contribution in [0.15, 0.2) is 41.2 Å². The van der Waals surface area contributed by atoms with E-state index < -0.39 is 0 Å². The fourth-order valence-corrected chi connectivity index (χ4v) is 1.89. The van der Waals surface area contributed by atoms with Gasteiger partial charge in [0.2, 0.25) is 0 Å². The molecule has 2 heterocycles. The molecule has 0 atom stereocenters. The van der Waals surface area contributed by atoms with Crippen molar-refractivity contribution in [3.05, 3.63) is 36.7 Å². The SMILES string of the molecule is Cn1ccc2cc(-c3oncc3N)ccc21. The molecular formula is C12H11N3O. The van der Waals surface area contributed by atoms with Crippen molar-refractivity contribution in [2.24, 2.45) is 7.05 Å². The molecule has 4 heteroatoms. The van der Waals surface area contributed by atoms with Gasteiger partial charge in [-0.05, 0) is 24.3 Å². The van der Waals surface area contributed by atoms with Crippen molar-refractivity contribution in [2.45, 2.75) is 0 Å². The molecule has 0 amide bonds. The number of benzene rings is 1. The molecule has 0 saturated carbocycles. The number of anilines is 1. The van der Waals surface area contributed by atoms with Gasteiger partial charge in [0, 0.05) is 29.7 Å². The summed E-state index contributed by atoms with van der Waals surface area (Å²) in [5, 5.41) is 4.84. The first-order valence-electron chi connectivity index (χ1n) is 5.01. The van der Waals surface area contributed by atoms with Crippen LogP contribution in [-0.2, 0) is 7.05 Å². The van der Waals surface area contributed by atoms with E-state index in [2.05, 4.69) is 15.8 Å². The highest BCUT2D eigenvalue weighted by molar-refractivity contribution is 5.86. The Bertz CT molecular complexity index is 651. The van der Waals surface area contributed by atoms with Crippen LogP contribution in [0.5, 0.6) is 0 Å². The monoisotopic (exact) mass is 213 g/mol. The van der Waals surface area contributed by atoms with Gasteiger partial charge in [0.05, 0.1) is 6.20 Å². The Morgan fingerprint density at radius 1 is 1.31 bits per heavy atom. The van der Waals surface area contributed by atoms with Crippen molar-refractivity contribution >= 4 is 16.6 Å². The van der Waals surface area contributed by atoms with Crippen LogP contribution in [0.3, 0.4) is 0 Å². The average molecular weight is 213 g/mol. The molecule has 0 aliphatic rings. The molecule has 0 unspecified atom stereocenters. The second-order valence-corrected chi connectivity index (χ2v) is 3.81. The molecule has 0 radical (unpaired) electrons. The Hall–Kier alpha value is -2.23. The largest absolute Gasteiger partial charge is 0.394 e. The second kappa shape index (κ2) is 3.13. The summed E-state index contributed by atoms with van der Waals surface area (Å²) in [6.07, 6.45) is 3.54. The number of nitrogens with zero attached hydrogens (tertiary/aromatic N) is 2. The van der Waals surface area contributed by atoms with Crippen LogP contribution in [0.1, 0.15) is 0 Å². The van der Waals surface area contributed by atoms with Gasteiger partial charge in [-0.3, -0.25) is 0 Å². The number of fused-ring (bicyclic) bond motifs is 1. The maximum Gasteiger partial charge on any atom is 0.189 e. The molecular weight excluding hydrogens is 202 g/mol. The Kier molecular flexibility index (Phi) is 1.77. The number of aromatic nitrogens is 2. The molecule has 16 heavy (non-hydrogen) atoms. The minimum atomic E-state index is 0.565. The van der Waals surface area contributed by atoms with Gasteiger partial charge in [-0.2, -0.15) is 0 Å². The number of aryl methyl sites for hydroxylation is 1. The first kappa shape index (κ1) is 9.03. The van der Waals surface area contributed by atoms with Gasteiger partial charge in [0.15, 0.2) is 5.76 Å². The molecule has 0 aliphatic carbocycles. The molecule has 80 valence electrons. The van der Waals surface area contributed by atoms with Crippen LogP contribution in [0.25, 0.3) is 22.2 Å². The molecule has 0 fully saturated rings. The van der Waals surface area contributed by atoms with Gasteiger partial charge in [-0.25, -0.2) is 0 Å². The lowest BCUT2D eigenvalue weighted by Gasteiger charge is -1.99. The van der Waals surface area contributed by atoms with Gasteiger partial charge in [-0.1, -0.05) is 5.16 Å². The Balaban J connectivity index is 2.23. The third-order valence-electron chi connectivity index (χ3n) is 2.75. The molecule has 3 rings (SSSR count). The minimum Gasteiger partial charge on any atom is -0.394 e. The van der Waals surface area contributed by atoms with Crippen molar-refractivity contribution in [3.8, 4) is 11.3 Å². The summed E-state index contributed by atoms with van der Waals surface area (Å²) < 4.78 is 7.20. The summed E-state index contributed by atoms with van der Waals surface area (Å²) in [4.78, 5) is 0. The van der Waals surface area contributed by atoms with Crippen LogP contribution in [0.2, 0.25) is 0 Å². The molecule has 2 N–H and O–H groups in total. The zero-order chi connectivity index (χ0) is 11.1. The third-order valence-corrected chi connectivity index (χ3v) is 2.75. The number of nitrogens with two attached hydrogens (primary N) is 1. The summed E-state index contributed by atoms with van der Waals surface area (Å²) in [7, 11) is 2.02. The van der Waals surface area contributed by atoms with E-state index in [0.29, 0.717) is 11.4 Å². The van der Waals surface area contributed by atoms with Gasteiger partial charge in [0.1, 0.15) is 5.69 Å². The standard InChI is InChI=1S/C12H11N3O/c1-15-5-4-8-6-9(2-3-11(8)15)12-10(13)7-14-16-12/h2-7H,13H2,1H3. The number of hydrogen-bond acceptors (Lipinski definition) is 3. The molecule has 0 spiro atoms. The summed E-state index contributed by atoms with van der Waals surface area (Å²) in [6, 6.07) is 8.14. The van der Waals surface area contributed by atoms with E-state index in [1.54, 1.807) is 0 Å². The zero-order valence-corrected chi connectivity index (χ0v) is 8.84. The zero-order valence-electron chi connectivity index (χ0n) is 8.84. The highest BCUT2D eigenvalue weighted by Crippen LogP contribution is 2.28. The van der Waals surface area contributed by atoms with Crippen molar-refractivity contribution < 1.29 is 4.52 Å². The Morgan fingerprint density at radius 3 is 2.94 bits per heavy atom. The van der Waals surface area contributed by atoms with E-state index in [4.69, 9.17) is 10.3 Å². The Morgan fingerprint density at radius 2 is 2.19 bits per heavy atom. The number of rotatable bonds is 1. The lowest BCUT2D eigenvalue weighted by molar-refractivity contribution is 0.432. The molecule has 3 aromatic rings. The fourth-order valence-electron chi connectivity index (χ4n) is 1.89. The highest BCUT2D eigenvalue weighted by Gasteiger charge is 2.08. The minimum absolute atomic E-state index is 0.565. The summed E-state index contributed by atoms with van der Waals surface area (Å²) >= 11 is 0. The van der Waals surface area contributed by atoms with Crippen LogP contribution in [-0.4, -0.2) is 9.72 Å². The van der Waals surface area contributed by atoms with Crippen molar-refractivity contribution in [3.63, 3.8) is 0 Å². The maximum absolute atomic E-state index is 5.76. The molecule has 1 aromatic carbocycles. The molecule has 4 nitrogen and oxygen atoms in total. The normalized spacial score (nSPS) is 11.1. The topological polar surface area (TPSA) is 57.0 Å². The van der Waals surface area contributed by atoms with Crippen molar-refractivity contribution in [1.29, 1.82) is 0 Å². The van der Waals surface area contributed by atoms with Crippen LogP contribution < -0.4 is 5.73 Å². The molecule has 0 aliphatic heterocycles. The number of hydrogen-bond donors (Lipinski definition) is 1. The van der Waals surface area contributed by atoms with Crippen molar-refractivity contribution in [2.75, 3.05) is 5.73 Å². The third kappa shape index (κ3) is 1.20. The quantitative estimate of drug-likeness (QED) is 0.675. The first-order valence-corrected chi connectivity index (χ1v) is 5.01. The predicted octanol–water partition coefficient (Wildman–Crippen LogP) is 2.42. The fraction of sp³-hybridized carbons (Fsp3) is 0.0833. The number of nitrogen functional groups attached to an aromatic ring is 1. The van der Waals surface area contributed by atoms with Gasteiger partial charge in [0.25, 0.3) is 0 Å². The van der Waals surface area contributed by atoms with E-state index in [-0.39, 0.29) is 0 Å². The molecule has 0 bridgehead atoms. The summed E-state index contributed by atoms with van der Waals surface area (Å²) in [6.45, 7) is 0. The lowest BCUT2D eigenvalue weighted by Crippen LogP contribution is -1.86. The van der Waals surface area contributed by atoms with Crippen LogP contribution in [0.4, 0.5) is 5.69 Å². The highest BCUT2D eigenvalue weighted by atomic mass is 16.5. The smallest absolute Gasteiger partial charge is 0.189 e. The first-order chi connectivity index (χ1) is 7.75. The average Bonchev–Trinajstić information content (AvgIpc) is 2.86. The maximum atomic E-state index is 5.76. The molecule has 2 aromatic heterocycles. The van der Waals surface area contributed by atoms with E-state index in [1.807, 2.05) is 31.4 Å². The van der Waals surface area contributed by atoms with E-state index in [0.717, 1.165) is 10.9 Å². The van der Waals surface area contributed by atoms with Gasteiger partial charge >= 0.3 is 0 Å². The molecule has 0 saturated heterocycles. The summed E-state index contributed by atoms with van der Waals surface area (Å²) in [5.74, 6) is 0.630. The van der Waals surface area contributed by atoms with Crippen molar-refractivity contribution in [1.82, 2.24) is 9.72 Å². The predicted molar refractivity (Wildman–Crippen MR) is 62.8 cm³/mol. The Labute approximate surface area is 92.3 Å². The van der Waals surface area contributed by atoms with E-state index in [1.165, 1.54) is 11.7 Å². The summed E-state index contributed by atoms with van der Waals surface area (Å²) in [5.41, 5.74) is 8.46. The van der Waals surface area contributed by atoms with Crippen LogP contribution in [0, 0.1) is 0 Å².